The smallest absolute Gasteiger partial charge is 0.179 e. The molecule has 1 fully saturated rings. The van der Waals surface area contributed by atoms with Gasteiger partial charge in [-0.1, -0.05) is 11.6 Å². The van der Waals surface area contributed by atoms with E-state index in [1.807, 2.05) is 19.1 Å². The summed E-state index contributed by atoms with van der Waals surface area (Å²) in [5.74, 6) is 1.42. The van der Waals surface area contributed by atoms with Crippen LogP contribution in [0.2, 0.25) is 5.02 Å². The van der Waals surface area contributed by atoms with Crippen LogP contribution in [-0.4, -0.2) is 41.9 Å². The zero-order chi connectivity index (χ0) is 14.9. The van der Waals surface area contributed by atoms with E-state index in [1.54, 1.807) is 0 Å². The van der Waals surface area contributed by atoms with E-state index < -0.39 is 5.60 Å². The van der Waals surface area contributed by atoms with Crippen LogP contribution in [0.15, 0.2) is 12.1 Å². The summed E-state index contributed by atoms with van der Waals surface area (Å²) < 4.78 is 11.4. The molecular formula is C16H22ClNO3. The van der Waals surface area contributed by atoms with Crippen molar-refractivity contribution in [2.45, 2.75) is 38.3 Å². The minimum Gasteiger partial charge on any atom is -0.489 e. The maximum absolute atomic E-state index is 10.0. The summed E-state index contributed by atoms with van der Waals surface area (Å²) in [5.41, 5.74) is 0.615. The first-order chi connectivity index (χ1) is 10.0. The largest absolute Gasteiger partial charge is 0.489 e. The molecule has 0 amide bonds. The lowest BCUT2D eigenvalue weighted by Gasteiger charge is -2.35. The highest BCUT2D eigenvalue weighted by molar-refractivity contribution is 6.32. The monoisotopic (exact) mass is 311 g/mol. The quantitative estimate of drug-likeness (QED) is 0.912. The third-order valence-corrected chi connectivity index (χ3v) is 4.48. The molecule has 116 valence electrons. The van der Waals surface area contributed by atoms with E-state index in [0.29, 0.717) is 24.0 Å². The zero-order valence-electron chi connectivity index (χ0n) is 12.4. The summed E-state index contributed by atoms with van der Waals surface area (Å²) in [6, 6.07) is 3.99. The van der Waals surface area contributed by atoms with Crippen LogP contribution >= 0.6 is 11.6 Å². The highest BCUT2D eigenvalue weighted by atomic mass is 35.5. The van der Waals surface area contributed by atoms with Gasteiger partial charge in [-0.3, -0.25) is 4.90 Å². The van der Waals surface area contributed by atoms with E-state index in [1.165, 1.54) is 0 Å². The average molecular weight is 312 g/mol. The molecule has 0 unspecified atom stereocenters. The van der Waals surface area contributed by atoms with Gasteiger partial charge < -0.3 is 14.6 Å². The number of nitrogens with zero attached hydrogens (tertiary/aromatic N) is 1. The van der Waals surface area contributed by atoms with Crippen molar-refractivity contribution < 1.29 is 14.6 Å². The summed E-state index contributed by atoms with van der Waals surface area (Å²) >= 11 is 6.32. The number of fused-ring (bicyclic) bond motifs is 1. The van der Waals surface area contributed by atoms with Crippen LogP contribution in [0, 0.1) is 0 Å². The number of hydrogen-bond acceptors (Lipinski definition) is 4. The predicted octanol–water partition coefficient (Wildman–Crippen LogP) is 2.85. The first-order valence-corrected chi connectivity index (χ1v) is 7.94. The normalized spacial score (nSPS) is 21.9. The lowest BCUT2D eigenvalue weighted by Crippen LogP contribution is -2.41. The summed E-state index contributed by atoms with van der Waals surface area (Å²) in [6.45, 7) is 5.85. The molecule has 0 atom stereocenters. The van der Waals surface area contributed by atoms with Crippen LogP contribution < -0.4 is 9.47 Å². The number of hydrogen-bond donors (Lipinski definition) is 1. The third-order valence-electron chi connectivity index (χ3n) is 4.20. The van der Waals surface area contributed by atoms with Crippen molar-refractivity contribution in [2.24, 2.45) is 0 Å². The van der Waals surface area contributed by atoms with E-state index in [4.69, 9.17) is 21.1 Å². The molecule has 2 heterocycles. The molecule has 0 aliphatic carbocycles. The first-order valence-electron chi connectivity index (χ1n) is 7.56. The fourth-order valence-electron chi connectivity index (χ4n) is 2.83. The van der Waals surface area contributed by atoms with Gasteiger partial charge in [-0.25, -0.2) is 0 Å². The van der Waals surface area contributed by atoms with Gasteiger partial charge in [0, 0.05) is 26.1 Å². The average Bonchev–Trinajstić information content (AvgIpc) is 2.67. The standard InChI is InChI=1S/C16H22ClNO3/c1-16(19)3-5-18(6-4-16)11-12-9-13(17)15-14(10-12)20-7-2-8-21-15/h9-10,19H,2-8,11H2,1H3. The summed E-state index contributed by atoms with van der Waals surface area (Å²) in [5, 5.41) is 10.6. The van der Waals surface area contributed by atoms with Crippen LogP contribution in [-0.2, 0) is 6.54 Å². The maximum atomic E-state index is 10.0. The second-order valence-corrected chi connectivity index (χ2v) is 6.64. The summed E-state index contributed by atoms with van der Waals surface area (Å²) in [4.78, 5) is 2.34. The molecule has 0 radical (unpaired) electrons. The Labute approximate surface area is 130 Å². The second-order valence-electron chi connectivity index (χ2n) is 6.23. The highest BCUT2D eigenvalue weighted by Gasteiger charge is 2.27. The fraction of sp³-hybridized carbons (Fsp3) is 0.625. The molecule has 2 aliphatic heterocycles. The molecule has 0 spiro atoms. The van der Waals surface area contributed by atoms with E-state index >= 15 is 0 Å². The SMILES string of the molecule is CC1(O)CCN(Cc2cc(Cl)c3c(c2)OCCCO3)CC1. The Hall–Kier alpha value is -0.970. The molecule has 1 saturated heterocycles. The fourth-order valence-corrected chi connectivity index (χ4v) is 3.11. The molecule has 0 bridgehead atoms. The number of rotatable bonds is 2. The van der Waals surface area contributed by atoms with Crippen molar-refractivity contribution in [1.29, 1.82) is 0 Å². The van der Waals surface area contributed by atoms with Gasteiger partial charge in [0.25, 0.3) is 0 Å². The molecule has 1 N–H and O–H groups in total. The van der Waals surface area contributed by atoms with Crippen LogP contribution in [0.1, 0.15) is 31.7 Å². The molecule has 4 nitrogen and oxygen atoms in total. The minimum absolute atomic E-state index is 0.515. The molecule has 0 saturated carbocycles. The molecule has 0 aromatic heterocycles. The molecule has 3 rings (SSSR count). The predicted molar refractivity (Wildman–Crippen MR) is 82.2 cm³/mol. The molecule has 2 aliphatic rings. The van der Waals surface area contributed by atoms with Gasteiger partial charge >= 0.3 is 0 Å². The van der Waals surface area contributed by atoms with Crippen LogP contribution in [0.4, 0.5) is 0 Å². The lowest BCUT2D eigenvalue weighted by atomic mass is 9.93. The Morgan fingerprint density at radius 1 is 1.24 bits per heavy atom. The van der Waals surface area contributed by atoms with Crippen molar-refractivity contribution in [3.63, 3.8) is 0 Å². The number of ether oxygens (including phenoxy) is 2. The second kappa shape index (κ2) is 6.03. The maximum Gasteiger partial charge on any atom is 0.179 e. The van der Waals surface area contributed by atoms with Gasteiger partial charge in [-0.05, 0) is 37.5 Å². The van der Waals surface area contributed by atoms with Gasteiger partial charge in [0.05, 0.1) is 23.8 Å². The lowest BCUT2D eigenvalue weighted by molar-refractivity contribution is -0.00731. The zero-order valence-corrected chi connectivity index (χ0v) is 13.2. The van der Waals surface area contributed by atoms with E-state index in [-0.39, 0.29) is 0 Å². The van der Waals surface area contributed by atoms with Crippen LogP contribution in [0.3, 0.4) is 0 Å². The molecular weight excluding hydrogens is 290 g/mol. The van der Waals surface area contributed by atoms with Gasteiger partial charge in [-0.15, -0.1) is 0 Å². The number of aliphatic hydroxyl groups is 1. The third kappa shape index (κ3) is 3.62. The van der Waals surface area contributed by atoms with Gasteiger partial charge in [-0.2, -0.15) is 0 Å². The number of likely N-dealkylation sites (tertiary alicyclic amines) is 1. The minimum atomic E-state index is -0.515. The van der Waals surface area contributed by atoms with Crippen molar-refractivity contribution in [3.05, 3.63) is 22.7 Å². The highest BCUT2D eigenvalue weighted by Crippen LogP contribution is 2.38. The Morgan fingerprint density at radius 3 is 2.71 bits per heavy atom. The van der Waals surface area contributed by atoms with E-state index in [2.05, 4.69) is 4.90 Å². The van der Waals surface area contributed by atoms with E-state index in [9.17, 15) is 5.11 Å². The van der Waals surface area contributed by atoms with Crippen molar-refractivity contribution >= 4 is 11.6 Å². The van der Waals surface area contributed by atoms with Crippen LogP contribution in [0.5, 0.6) is 11.5 Å². The Balaban J connectivity index is 1.72. The molecule has 1 aromatic rings. The Morgan fingerprint density at radius 2 is 1.95 bits per heavy atom. The van der Waals surface area contributed by atoms with Gasteiger partial charge in [0.15, 0.2) is 11.5 Å². The van der Waals surface area contributed by atoms with Crippen molar-refractivity contribution in [1.82, 2.24) is 4.90 Å². The molecule has 21 heavy (non-hydrogen) atoms. The van der Waals surface area contributed by atoms with Gasteiger partial charge in [0.1, 0.15) is 0 Å². The Bertz CT molecular complexity index is 508. The molecule has 1 aromatic carbocycles. The number of piperidine rings is 1. The van der Waals surface area contributed by atoms with E-state index in [0.717, 1.165) is 50.2 Å². The Kier molecular flexibility index (Phi) is 4.29. The number of halogens is 1. The van der Waals surface area contributed by atoms with Crippen LogP contribution in [0.25, 0.3) is 0 Å². The number of benzene rings is 1. The first kappa shape index (κ1) is 14.9. The molecule has 5 heteroatoms. The summed E-state index contributed by atoms with van der Waals surface area (Å²) in [7, 11) is 0. The van der Waals surface area contributed by atoms with Crippen molar-refractivity contribution in [3.8, 4) is 11.5 Å². The topological polar surface area (TPSA) is 41.9 Å². The van der Waals surface area contributed by atoms with Crippen molar-refractivity contribution in [2.75, 3.05) is 26.3 Å². The summed E-state index contributed by atoms with van der Waals surface area (Å²) in [6.07, 6.45) is 2.50. The van der Waals surface area contributed by atoms with Gasteiger partial charge in [0.2, 0.25) is 0 Å².